The predicted molar refractivity (Wildman–Crippen MR) is 72.4 cm³/mol. The van der Waals surface area contributed by atoms with E-state index in [0.717, 1.165) is 18.7 Å². The van der Waals surface area contributed by atoms with Gasteiger partial charge in [-0.05, 0) is 38.8 Å². The molecule has 4 nitrogen and oxygen atoms in total. The fourth-order valence-corrected chi connectivity index (χ4v) is 1.55. The molecule has 17 heavy (non-hydrogen) atoms. The van der Waals surface area contributed by atoms with Gasteiger partial charge in [-0.15, -0.1) is 0 Å². The van der Waals surface area contributed by atoms with Gasteiger partial charge in [-0.3, -0.25) is 0 Å². The number of hydrogen-bond donors (Lipinski definition) is 2. The van der Waals surface area contributed by atoms with E-state index in [1.807, 2.05) is 26.0 Å². The van der Waals surface area contributed by atoms with Crippen LogP contribution in [0.2, 0.25) is 0 Å². The number of nitrogen functional groups attached to an aromatic ring is 1. The normalized spacial score (nSPS) is 10.9. The van der Waals surface area contributed by atoms with Gasteiger partial charge in [-0.1, -0.05) is 13.8 Å². The Morgan fingerprint density at radius 2 is 1.94 bits per heavy atom. The number of ether oxygens (including phenoxy) is 1. The van der Waals surface area contributed by atoms with Crippen molar-refractivity contribution in [3.8, 4) is 5.88 Å². The van der Waals surface area contributed by atoms with E-state index >= 15 is 0 Å². The SMILES string of the molecule is CCC(CC)Nc1ccc(N)c(OC(C)C)n1. The molecule has 4 heteroatoms. The summed E-state index contributed by atoms with van der Waals surface area (Å²) in [5, 5.41) is 3.37. The van der Waals surface area contributed by atoms with E-state index in [0.29, 0.717) is 17.6 Å². The summed E-state index contributed by atoms with van der Waals surface area (Å²) >= 11 is 0. The molecule has 3 N–H and O–H groups in total. The second kappa shape index (κ2) is 6.33. The highest BCUT2D eigenvalue weighted by molar-refractivity contribution is 5.53. The van der Waals surface area contributed by atoms with Crippen molar-refractivity contribution in [1.29, 1.82) is 0 Å². The van der Waals surface area contributed by atoms with E-state index < -0.39 is 0 Å². The first-order chi connectivity index (χ1) is 8.06. The summed E-state index contributed by atoms with van der Waals surface area (Å²) in [6.45, 7) is 8.23. The molecule has 1 aromatic heterocycles. The molecule has 0 aliphatic heterocycles. The van der Waals surface area contributed by atoms with Gasteiger partial charge in [-0.25, -0.2) is 0 Å². The quantitative estimate of drug-likeness (QED) is 0.798. The van der Waals surface area contributed by atoms with Crippen LogP contribution in [-0.4, -0.2) is 17.1 Å². The lowest BCUT2D eigenvalue weighted by Crippen LogP contribution is -2.18. The maximum Gasteiger partial charge on any atom is 0.239 e. The summed E-state index contributed by atoms with van der Waals surface area (Å²) in [7, 11) is 0. The van der Waals surface area contributed by atoms with Crippen molar-refractivity contribution in [2.75, 3.05) is 11.1 Å². The van der Waals surface area contributed by atoms with Crippen LogP contribution >= 0.6 is 0 Å². The highest BCUT2D eigenvalue weighted by atomic mass is 16.5. The zero-order valence-electron chi connectivity index (χ0n) is 11.2. The Hall–Kier alpha value is -1.45. The summed E-state index contributed by atoms with van der Waals surface area (Å²) in [4.78, 5) is 4.39. The maximum atomic E-state index is 5.82. The predicted octanol–water partition coefficient (Wildman–Crippen LogP) is 3.05. The smallest absolute Gasteiger partial charge is 0.239 e. The van der Waals surface area contributed by atoms with E-state index in [1.165, 1.54) is 0 Å². The van der Waals surface area contributed by atoms with Gasteiger partial charge in [0.05, 0.1) is 11.8 Å². The highest BCUT2D eigenvalue weighted by Gasteiger charge is 2.08. The molecule has 1 heterocycles. The van der Waals surface area contributed by atoms with E-state index in [-0.39, 0.29) is 6.10 Å². The summed E-state index contributed by atoms with van der Waals surface area (Å²) in [6, 6.07) is 4.16. The van der Waals surface area contributed by atoms with Crippen LogP contribution in [0.5, 0.6) is 5.88 Å². The zero-order valence-corrected chi connectivity index (χ0v) is 11.2. The van der Waals surface area contributed by atoms with Gasteiger partial charge >= 0.3 is 0 Å². The molecular weight excluding hydrogens is 214 g/mol. The Labute approximate surface area is 104 Å². The third-order valence-corrected chi connectivity index (χ3v) is 2.57. The van der Waals surface area contributed by atoms with E-state index in [9.17, 15) is 0 Å². The van der Waals surface area contributed by atoms with Gasteiger partial charge in [0, 0.05) is 6.04 Å². The van der Waals surface area contributed by atoms with Crippen LogP contribution in [0, 0.1) is 0 Å². The number of nitrogens with two attached hydrogens (primary N) is 1. The molecule has 0 aliphatic carbocycles. The molecule has 0 aromatic carbocycles. The van der Waals surface area contributed by atoms with Crippen LogP contribution in [0.15, 0.2) is 12.1 Å². The monoisotopic (exact) mass is 237 g/mol. The van der Waals surface area contributed by atoms with Gasteiger partial charge in [0.15, 0.2) is 0 Å². The van der Waals surface area contributed by atoms with Crippen LogP contribution in [0.25, 0.3) is 0 Å². The van der Waals surface area contributed by atoms with Crippen LogP contribution in [0.3, 0.4) is 0 Å². The standard InChI is InChI=1S/C13H23N3O/c1-5-10(6-2)15-12-8-7-11(14)13(16-12)17-9(3)4/h7-10H,5-6,14H2,1-4H3,(H,15,16). The summed E-state index contributed by atoms with van der Waals surface area (Å²) in [5.41, 5.74) is 6.40. The second-order valence-corrected chi connectivity index (χ2v) is 4.42. The maximum absolute atomic E-state index is 5.82. The lowest BCUT2D eigenvalue weighted by atomic mass is 10.2. The Bertz CT molecular complexity index is 349. The number of aromatic nitrogens is 1. The molecule has 96 valence electrons. The van der Waals surface area contributed by atoms with Gasteiger partial charge in [0.2, 0.25) is 5.88 Å². The van der Waals surface area contributed by atoms with Crippen LogP contribution in [0.1, 0.15) is 40.5 Å². The fourth-order valence-electron chi connectivity index (χ4n) is 1.55. The van der Waals surface area contributed by atoms with Crippen molar-refractivity contribution in [2.45, 2.75) is 52.7 Å². The summed E-state index contributed by atoms with van der Waals surface area (Å²) < 4.78 is 5.56. The molecule has 0 aliphatic rings. The minimum absolute atomic E-state index is 0.0770. The van der Waals surface area contributed by atoms with Crippen LogP contribution in [-0.2, 0) is 0 Å². The van der Waals surface area contributed by atoms with Gasteiger partial charge in [-0.2, -0.15) is 4.98 Å². The Balaban J connectivity index is 2.80. The van der Waals surface area contributed by atoms with Crippen molar-refractivity contribution in [2.24, 2.45) is 0 Å². The summed E-state index contributed by atoms with van der Waals surface area (Å²) in [5.74, 6) is 1.33. The van der Waals surface area contributed by atoms with Crippen molar-refractivity contribution >= 4 is 11.5 Å². The first-order valence-electron chi connectivity index (χ1n) is 6.26. The highest BCUT2D eigenvalue weighted by Crippen LogP contribution is 2.22. The molecule has 1 rings (SSSR count). The first kappa shape index (κ1) is 13.6. The van der Waals surface area contributed by atoms with Crippen molar-refractivity contribution < 1.29 is 4.74 Å². The molecule has 0 saturated heterocycles. The number of pyridine rings is 1. The van der Waals surface area contributed by atoms with Gasteiger partial charge in [0.1, 0.15) is 5.82 Å². The molecular formula is C13H23N3O. The Morgan fingerprint density at radius 1 is 1.29 bits per heavy atom. The van der Waals surface area contributed by atoms with Gasteiger partial charge in [0.25, 0.3) is 0 Å². The van der Waals surface area contributed by atoms with E-state index in [2.05, 4.69) is 24.1 Å². The number of hydrogen-bond acceptors (Lipinski definition) is 4. The molecule has 0 bridgehead atoms. The molecule has 0 amide bonds. The van der Waals surface area contributed by atoms with Crippen molar-refractivity contribution in [3.63, 3.8) is 0 Å². The third-order valence-electron chi connectivity index (χ3n) is 2.57. The van der Waals surface area contributed by atoms with Crippen molar-refractivity contribution in [3.05, 3.63) is 12.1 Å². The molecule has 0 atom stereocenters. The average Bonchev–Trinajstić information content (AvgIpc) is 2.29. The first-order valence-corrected chi connectivity index (χ1v) is 6.26. The van der Waals surface area contributed by atoms with Crippen molar-refractivity contribution in [1.82, 2.24) is 4.98 Å². The molecule has 0 unspecified atom stereocenters. The van der Waals surface area contributed by atoms with Crippen LogP contribution < -0.4 is 15.8 Å². The zero-order chi connectivity index (χ0) is 12.8. The Kier molecular flexibility index (Phi) is 5.07. The number of rotatable bonds is 6. The third kappa shape index (κ3) is 4.13. The minimum Gasteiger partial charge on any atom is -0.473 e. The number of nitrogens with zero attached hydrogens (tertiary/aromatic N) is 1. The van der Waals surface area contributed by atoms with Crippen LogP contribution in [0.4, 0.5) is 11.5 Å². The number of anilines is 2. The summed E-state index contributed by atoms with van der Waals surface area (Å²) in [6.07, 6.45) is 2.22. The molecule has 0 radical (unpaired) electrons. The lowest BCUT2D eigenvalue weighted by molar-refractivity contribution is 0.234. The van der Waals surface area contributed by atoms with E-state index in [1.54, 1.807) is 0 Å². The Morgan fingerprint density at radius 3 is 2.47 bits per heavy atom. The van der Waals surface area contributed by atoms with E-state index in [4.69, 9.17) is 10.5 Å². The lowest BCUT2D eigenvalue weighted by Gasteiger charge is -2.17. The average molecular weight is 237 g/mol. The minimum atomic E-state index is 0.0770. The topological polar surface area (TPSA) is 60.2 Å². The molecule has 0 fully saturated rings. The molecule has 0 spiro atoms. The number of nitrogens with one attached hydrogen (secondary N) is 1. The van der Waals surface area contributed by atoms with Gasteiger partial charge < -0.3 is 15.8 Å². The fraction of sp³-hybridized carbons (Fsp3) is 0.615. The largest absolute Gasteiger partial charge is 0.473 e. The molecule has 1 aromatic rings. The second-order valence-electron chi connectivity index (χ2n) is 4.42. The molecule has 0 saturated carbocycles.